The Kier molecular flexibility index (Phi) is 15.3. The fraction of sp³-hybridized carbons (Fsp3) is 0.239. The molecule has 0 radical (unpaired) electrons. The van der Waals surface area contributed by atoms with Gasteiger partial charge >= 0.3 is 0 Å². The number of rotatable bonds is 11. The fourth-order valence-corrected chi connectivity index (χ4v) is 11.1. The van der Waals surface area contributed by atoms with E-state index in [0.29, 0.717) is 45.6 Å². The Bertz CT molecular complexity index is 3910. The molecule has 0 spiro atoms. The van der Waals surface area contributed by atoms with Crippen LogP contribution in [0.15, 0.2) is 152 Å². The second kappa shape index (κ2) is 21.8. The Morgan fingerprint density at radius 1 is 0.519 bits per heavy atom. The SMILES string of the molecule is CC(C)c1cc(C(C)C)c(-c2cc(Oc3[c-]c4c(cc3)c3ccccc3n4-c3cc(C(C)(C)C)ccn3)[c-]c(N3[CH-]N(c4c(-c5cc(F)cc(F)c5)cc(C(C)(C)C)cc4-c4cc(F)cc(F)c4)c4ccccc43)c2)c(C(C)C)c1.[Pt]. The molecule has 2 aromatic heterocycles. The molecule has 11 rings (SSSR count). The number of hydrogen-bond donors (Lipinski definition) is 0. The first-order valence-corrected chi connectivity index (χ1v) is 27.5. The summed E-state index contributed by atoms with van der Waals surface area (Å²) >= 11 is 0. The number of pyridine rings is 1. The number of aromatic nitrogens is 2. The summed E-state index contributed by atoms with van der Waals surface area (Å²) in [6.45, 7) is 28.0. The molecule has 3 heterocycles. The van der Waals surface area contributed by atoms with Gasteiger partial charge in [-0.2, -0.15) is 6.07 Å². The maximum Gasteiger partial charge on any atom is 0.135 e. The van der Waals surface area contributed by atoms with Gasteiger partial charge in [0, 0.05) is 84.6 Å². The molecule has 0 N–H and O–H groups in total. The van der Waals surface area contributed by atoms with E-state index in [4.69, 9.17) is 9.72 Å². The Morgan fingerprint density at radius 2 is 1.07 bits per heavy atom. The van der Waals surface area contributed by atoms with Gasteiger partial charge in [0.1, 0.15) is 29.1 Å². The molecule has 0 saturated carbocycles. The van der Waals surface area contributed by atoms with E-state index in [0.717, 1.165) is 67.7 Å². The van der Waals surface area contributed by atoms with E-state index in [1.807, 2.05) is 98.0 Å². The van der Waals surface area contributed by atoms with Crippen molar-refractivity contribution >= 4 is 44.6 Å². The first kappa shape index (κ1) is 56.8. The number of hydrogen-bond acceptors (Lipinski definition) is 4. The predicted molar refractivity (Wildman–Crippen MR) is 320 cm³/mol. The van der Waals surface area contributed by atoms with Gasteiger partial charge in [-0.3, -0.25) is 0 Å². The van der Waals surface area contributed by atoms with Crippen LogP contribution in [0.5, 0.6) is 11.5 Å². The zero-order chi connectivity index (χ0) is 56.7. The Morgan fingerprint density at radius 3 is 1.63 bits per heavy atom. The molecule has 5 nitrogen and oxygen atoms in total. The van der Waals surface area contributed by atoms with Crippen LogP contribution >= 0.6 is 0 Å². The van der Waals surface area contributed by atoms with Gasteiger partial charge in [0.05, 0.1) is 0 Å². The van der Waals surface area contributed by atoms with E-state index in [1.54, 1.807) is 0 Å². The molecule has 1 aliphatic rings. The summed E-state index contributed by atoms with van der Waals surface area (Å²) in [7, 11) is 0. The second-order valence-corrected chi connectivity index (χ2v) is 24.2. The summed E-state index contributed by atoms with van der Waals surface area (Å²) in [4.78, 5) is 8.88. The van der Waals surface area contributed by atoms with E-state index in [9.17, 15) is 0 Å². The number of ether oxygens (including phenoxy) is 1. The van der Waals surface area contributed by atoms with Gasteiger partial charge in [0.2, 0.25) is 0 Å². The topological polar surface area (TPSA) is 33.5 Å². The number of fused-ring (bicyclic) bond motifs is 4. The predicted octanol–water partition coefficient (Wildman–Crippen LogP) is 20.5. The Labute approximate surface area is 488 Å². The molecule has 0 atom stereocenters. The van der Waals surface area contributed by atoms with Crippen molar-refractivity contribution in [1.29, 1.82) is 0 Å². The molecule has 0 unspecified atom stereocenters. The quantitative estimate of drug-likeness (QED) is 0.0955. The van der Waals surface area contributed by atoms with Gasteiger partial charge < -0.3 is 19.1 Å². The van der Waals surface area contributed by atoms with E-state index in [-0.39, 0.29) is 49.4 Å². The minimum absolute atomic E-state index is 0. The van der Waals surface area contributed by atoms with Gasteiger partial charge in [-0.1, -0.05) is 131 Å². The van der Waals surface area contributed by atoms with Crippen LogP contribution in [0, 0.1) is 42.1 Å². The molecule has 8 aromatic carbocycles. The summed E-state index contributed by atoms with van der Waals surface area (Å²) in [6.07, 6.45) is 1.86. The third-order valence-corrected chi connectivity index (χ3v) is 15.3. The van der Waals surface area contributed by atoms with Gasteiger partial charge in [0.25, 0.3) is 0 Å². The second-order valence-electron chi connectivity index (χ2n) is 24.2. The molecule has 10 heteroatoms. The van der Waals surface area contributed by atoms with Crippen molar-refractivity contribution in [1.82, 2.24) is 9.55 Å². The van der Waals surface area contributed by atoms with E-state index >= 15 is 17.6 Å². The standard InChI is InChI=1S/C71H65F4N4O.Pt/c1-41(2)44-31-59(42(3)4)68(60(32-44)43(5)6)47-29-54(38-56(30-47)80-55-21-22-58-57-17-13-14-18-63(57)79(66(58)39-55)67-35-48(23-24-76-67)70(7,8)9)77-40-78(65-20-16-15-19-64(65)77)69-61(45-25-50(72)36-51(73)26-45)33-49(71(10,11)12)34-62(69)46-27-52(74)37-53(75)28-46;/h13-37,40-43H,1-12H3;/q-3;. The van der Waals surface area contributed by atoms with Gasteiger partial charge in [-0.15, -0.1) is 53.6 Å². The van der Waals surface area contributed by atoms with Crippen molar-refractivity contribution in [3.05, 3.63) is 222 Å². The zero-order valence-electron chi connectivity index (χ0n) is 47.8. The summed E-state index contributed by atoms with van der Waals surface area (Å²) in [6, 6.07) is 51.3. The van der Waals surface area contributed by atoms with Crippen LogP contribution in [-0.2, 0) is 31.9 Å². The Hall–Kier alpha value is -7.48. The zero-order valence-corrected chi connectivity index (χ0v) is 50.0. The molecule has 0 fully saturated rings. The minimum atomic E-state index is -0.760. The van der Waals surface area contributed by atoms with Crippen LogP contribution in [0.3, 0.4) is 0 Å². The number of halogens is 4. The van der Waals surface area contributed by atoms with Gasteiger partial charge in [-0.25, -0.2) is 22.5 Å². The van der Waals surface area contributed by atoms with Crippen molar-refractivity contribution in [3.8, 4) is 50.7 Å². The first-order chi connectivity index (χ1) is 38.0. The molecule has 0 bridgehead atoms. The third kappa shape index (κ3) is 10.9. The third-order valence-electron chi connectivity index (χ3n) is 15.3. The van der Waals surface area contributed by atoms with E-state index in [2.05, 4.69) is 134 Å². The number of nitrogens with zero attached hydrogens (tertiary/aromatic N) is 4. The van der Waals surface area contributed by atoms with Gasteiger partial charge in [-0.05, 0) is 145 Å². The fourth-order valence-electron chi connectivity index (χ4n) is 11.1. The number of anilines is 4. The van der Waals surface area contributed by atoms with Crippen LogP contribution in [0.1, 0.15) is 129 Å². The summed E-state index contributed by atoms with van der Waals surface area (Å²) in [5, 5.41) is 2.07. The van der Waals surface area contributed by atoms with Crippen molar-refractivity contribution in [3.63, 3.8) is 0 Å². The molecule has 416 valence electrons. The summed E-state index contributed by atoms with van der Waals surface area (Å²) in [5.41, 5.74) is 12.8. The maximum atomic E-state index is 15.5. The maximum absolute atomic E-state index is 15.5. The molecule has 81 heavy (non-hydrogen) atoms. The Balaban J connectivity index is 0.00000736. The largest absolute Gasteiger partial charge is 0.509 e. The van der Waals surface area contributed by atoms with Crippen molar-refractivity contribution in [2.75, 3.05) is 9.80 Å². The average molecular weight is 1260 g/mol. The van der Waals surface area contributed by atoms with Crippen molar-refractivity contribution < 1.29 is 43.4 Å². The molecule has 0 saturated heterocycles. The van der Waals surface area contributed by atoms with Crippen LogP contribution in [0.25, 0.3) is 61.0 Å². The number of benzene rings is 8. The normalized spacial score (nSPS) is 12.8. The monoisotopic (exact) mass is 1260 g/mol. The van der Waals surface area contributed by atoms with Crippen LogP contribution in [-0.4, -0.2) is 9.55 Å². The molecule has 1 aliphatic heterocycles. The first-order valence-electron chi connectivity index (χ1n) is 27.5. The van der Waals surface area contributed by atoms with Gasteiger partial charge in [0.15, 0.2) is 0 Å². The van der Waals surface area contributed by atoms with E-state index in [1.165, 1.54) is 41.0 Å². The molecule has 0 aliphatic carbocycles. The van der Waals surface area contributed by atoms with Crippen molar-refractivity contribution in [2.45, 2.75) is 112 Å². The average Bonchev–Trinajstić information content (AvgIpc) is 4.03. The smallest absolute Gasteiger partial charge is 0.135 e. The summed E-state index contributed by atoms with van der Waals surface area (Å²) in [5.74, 6) is -0.744. The van der Waals surface area contributed by atoms with Crippen LogP contribution in [0.2, 0.25) is 0 Å². The van der Waals surface area contributed by atoms with Crippen LogP contribution in [0.4, 0.5) is 40.3 Å². The number of para-hydroxylation sites is 3. The molecular formula is C71H65F4N4OPt-3. The van der Waals surface area contributed by atoms with Crippen LogP contribution < -0.4 is 14.5 Å². The molecular weight excluding hydrogens is 1200 g/mol. The van der Waals surface area contributed by atoms with Crippen molar-refractivity contribution in [2.24, 2.45) is 0 Å². The summed E-state index contributed by atoms with van der Waals surface area (Å²) < 4.78 is 71.2. The van der Waals surface area contributed by atoms with E-state index < -0.39 is 28.7 Å². The minimum Gasteiger partial charge on any atom is -0.509 e. The molecule has 0 amide bonds. The molecule has 10 aromatic rings.